The number of hydrogen-bond donors (Lipinski definition) is 2. The number of carboxylic acid groups (broad SMARTS) is 1. The van der Waals surface area contributed by atoms with Crippen LogP contribution in [-0.2, 0) is 16.1 Å². The lowest BCUT2D eigenvalue weighted by Crippen LogP contribution is -2.31. The number of aliphatic carboxylic acids is 1. The monoisotopic (exact) mass is 429 g/mol. The van der Waals surface area contributed by atoms with Crippen molar-refractivity contribution in [1.82, 2.24) is 9.99 Å². The van der Waals surface area contributed by atoms with Gasteiger partial charge in [-0.25, -0.2) is 10.8 Å². The van der Waals surface area contributed by atoms with E-state index in [-0.39, 0.29) is 13.2 Å². The largest absolute Gasteiger partial charge is 0.487 e. The van der Waals surface area contributed by atoms with Crippen molar-refractivity contribution in [3.63, 3.8) is 0 Å². The molecular formula is C25H23N3O4. The van der Waals surface area contributed by atoms with Gasteiger partial charge in [-0.05, 0) is 36.3 Å². The smallest absolute Gasteiger partial charge is 0.324 e. The molecule has 0 unspecified atom stereocenters. The summed E-state index contributed by atoms with van der Waals surface area (Å²) in [7, 11) is 0. The van der Waals surface area contributed by atoms with Gasteiger partial charge in [0.25, 0.3) is 0 Å². The van der Waals surface area contributed by atoms with E-state index in [1.807, 2.05) is 78.9 Å². The van der Waals surface area contributed by atoms with Crippen molar-refractivity contribution in [3.05, 3.63) is 102 Å². The standard InChI is InChI=1S/C25H23N3O4/c26-28(16-23(29)30)15-18-11-13-21(14-12-18)31-17-22-24(19-7-3-1-4-8-19)32-25(27-22)20-9-5-2-6-10-20/h1-11,13-15H,12,16-17,26H2,(H,29,30)/b18-15-. The summed E-state index contributed by atoms with van der Waals surface area (Å²) in [4.78, 5) is 15.4. The Kier molecular flexibility index (Phi) is 6.48. The molecule has 0 radical (unpaired) electrons. The number of rotatable bonds is 8. The van der Waals surface area contributed by atoms with Crippen LogP contribution in [0.5, 0.6) is 0 Å². The van der Waals surface area contributed by atoms with Crippen LogP contribution < -0.4 is 5.84 Å². The van der Waals surface area contributed by atoms with Crippen molar-refractivity contribution in [2.45, 2.75) is 13.0 Å². The number of nitrogens with zero attached hydrogens (tertiary/aromatic N) is 2. The van der Waals surface area contributed by atoms with Crippen LogP contribution in [0.4, 0.5) is 0 Å². The number of carboxylic acids is 1. The number of ether oxygens (including phenoxy) is 1. The molecule has 2 aromatic carbocycles. The van der Waals surface area contributed by atoms with Crippen LogP contribution in [0.1, 0.15) is 12.1 Å². The molecule has 0 saturated heterocycles. The molecule has 162 valence electrons. The minimum absolute atomic E-state index is 0.248. The Hall–Kier alpha value is -4.10. The molecule has 3 N–H and O–H groups in total. The molecule has 3 aromatic rings. The van der Waals surface area contributed by atoms with Gasteiger partial charge >= 0.3 is 5.97 Å². The molecule has 0 spiro atoms. The Balaban J connectivity index is 1.49. The summed E-state index contributed by atoms with van der Waals surface area (Å²) >= 11 is 0. The van der Waals surface area contributed by atoms with E-state index in [9.17, 15) is 4.79 Å². The van der Waals surface area contributed by atoms with Crippen molar-refractivity contribution >= 4 is 5.97 Å². The highest BCUT2D eigenvalue weighted by Crippen LogP contribution is 2.31. The van der Waals surface area contributed by atoms with Crippen LogP contribution in [0.3, 0.4) is 0 Å². The topological polar surface area (TPSA) is 102 Å². The third-order valence-electron chi connectivity index (χ3n) is 4.78. The van der Waals surface area contributed by atoms with Gasteiger partial charge in [0.15, 0.2) is 5.76 Å². The average Bonchev–Trinajstić information content (AvgIpc) is 3.24. The fourth-order valence-corrected chi connectivity index (χ4v) is 3.28. The first-order valence-electron chi connectivity index (χ1n) is 10.1. The Morgan fingerprint density at radius 1 is 1.09 bits per heavy atom. The molecule has 4 rings (SSSR count). The summed E-state index contributed by atoms with van der Waals surface area (Å²) in [6.07, 6.45) is 7.78. The second kappa shape index (κ2) is 9.80. The van der Waals surface area contributed by atoms with E-state index in [0.29, 0.717) is 29.5 Å². The van der Waals surface area contributed by atoms with Crippen LogP contribution in [0.2, 0.25) is 0 Å². The Morgan fingerprint density at radius 2 is 1.78 bits per heavy atom. The molecule has 0 atom stereocenters. The van der Waals surface area contributed by atoms with Crippen LogP contribution >= 0.6 is 0 Å². The summed E-state index contributed by atoms with van der Waals surface area (Å²) in [5.74, 6) is 6.61. The van der Waals surface area contributed by atoms with Gasteiger partial charge in [-0.1, -0.05) is 54.6 Å². The highest BCUT2D eigenvalue weighted by atomic mass is 16.5. The molecular weight excluding hydrogens is 406 g/mol. The minimum atomic E-state index is -0.986. The molecule has 0 fully saturated rings. The second-order valence-electron chi connectivity index (χ2n) is 7.23. The molecule has 1 heterocycles. The Morgan fingerprint density at radius 3 is 2.41 bits per heavy atom. The molecule has 0 bridgehead atoms. The lowest BCUT2D eigenvalue weighted by molar-refractivity contribution is -0.137. The zero-order valence-corrected chi connectivity index (χ0v) is 17.3. The highest BCUT2D eigenvalue weighted by Gasteiger charge is 2.17. The molecule has 7 heteroatoms. The van der Waals surface area contributed by atoms with E-state index in [0.717, 1.165) is 21.7 Å². The van der Waals surface area contributed by atoms with Crippen molar-refractivity contribution in [2.24, 2.45) is 5.84 Å². The van der Waals surface area contributed by atoms with Crippen LogP contribution in [-0.4, -0.2) is 27.6 Å². The first-order valence-corrected chi connectivity index (χ1v) is 10.1. The summed E-state index contributed by atoms with van der Waals surface area (Å²) in [5.41, 5.74) is 3.43. The molecule has 1 aliphatic carbocycles. The zero-order valence-electron chi connectivity index (χ0n) is 17.3. The maximum Gasteiger partial charge on any atom is 0.324 e. The number of benzene rings is 2. The minimum Gasteiger partial charge on any atom is -0.487 e. The zero-order chi connectivity index (χ0) is 22.3. The average molecular weight is 429 g/mol. The molecule has 0 amide bonds. The SMILES string of the molecule is NN(/C=C1/C=CC(OCc2nc(-c3ccccc3)oc2-c2ccccc2)=CC1)CC(=O)O. The van der Waals surface area contributed by atoms with Crippen molar-refractivity contribution in [3.8, 4) is 22.8 Å². The number of oxazole rings is 1. The summed E-state index contributed by atoms with van der Waals surface area (Å²) in [5, 5.41) is 9.95. The lowest BCUT2D eigenvalue weighted by Gasteiger charge is -2.15. The van der Waals surface area contributed by atoms with E-state index in [4.69, 9.17) is 20.1 Å². The Labute approximate surface area is 185 Å². The van der Waals surface area contributed by atoms with Crippen LogP contribution in [0.15, 0.2) is 101 Å². The van der Waals surface area contributed by atoms with E-state index in [2.05, 4.69) is 4.98 Å². The molecule has 32 heavy (non-hydrogen) atoms. The lowest BCUT2D eigenvalue weighted by atomic mass is 10.1. The van der Waals surface area contributed by atoms with Crippen LogP contribution in [0, 0.1) is 0 Å². The third-order valence-corrected chi connectivity index (χ3v) is 4.78. The molecule has 1 aliphatic rings. The van der Waals surface area contributed by atoms with Crippen LogP contribution in [0.25, 0.3) is 22.8 Å². The number of allylic oxidation sites excluding steroid dienone is 4. The maximum absolute atomic E-state index is 10.7. The van der Waals surface area contributed by atoms with Gasteiger partial charge in [-0.2, -0.15) is 0 Å². The van der Waals surface area contributed by atoms with Gasteiger partial charge in [0, 0.05) is 17.3 Å². The Bertz CT molecular complexity index is 1160. The maximum atomic E-state index is 10.7. The summed E-state index contributed by atoms with van der Waals surface area (Å²) in [6.45, 7) is -0.0135. The predicted molar refractivity (Wildman–Crippen MR) is 121 cm³/mol. The number of aromatic nitrogens is 1. The van der Waals surface area contributed by atoms with Crippen molar-refractivity contribution in [1.29, 1.82) is 0 Å². The van der Waals surface area contributed by atoms with Crippen molar-refractivity contribution in [2.75, 3.05) is 6.54 Å². The van der Waals surface area contributed by atoms with Gasteiger partial charge in [0.05, 0.1) is 0 Å². The number of carbonyl (C=O) groups is 1. The fourth-order valence-electron chi connectivity index (χ4n) is 3.28. The first kappa shape index (κ1) is 21.1. The third kappa shape index (κ3) is 5.33. The number of nitrogens with two attached hydrogens (primary N) is 1. The van der Waals surface area contributed by atoms with Gasteiger partial charge in [-0.15, -0.1) is 0 Å². The quantitative estimate of drug-likeness (QED) is 0.401. The van der Waals surface area contributed by atoms with E-state index in [1.54, 1.807) is 6.20 Å². The normalized spacial score (nSPS) is 14.3. The van der Waals surface area contributed by atoms with Gasteiger partial charge in [-0.3, -0.25) is 4.79 Å². The molecule has 0 aliphatic heterocycles. The first-order chi connectivity index (χ1) is 15.6. The van der Waals surface area contributed by atoms with E-state index in [1.165, 1.54) is 0 Å². The molecule has 7 nitrogen and oxygen atoms in total. The molecule has 1 aromatic heterocycles. The summed E-state index contributed by atoms with van der Waals surface area (Å²) in [6, 6.07) is 19.6. The van der Waals surface area contributed by atoms with E-state index >= 15 is 0 Å². The molecule has 0 saturated carbocycles. The van der Waals surface area contributed by atoms with E-state index < -0.39 is 5.97 Å². The van der Waals surface area contributed by atoms with Gasteiger partial charge in [0.2, 0.25) is 5.89 Å². The highest BCUT2D eigenvalue weighted by molar-refractivity contribution is 5.69. The fraction of sp³-hybridized carbons (Fsp3) is 0.120. The number of hydrogen-bond acceptors (Lipinski definition) is 6. The summed E-state index contributed by atoms with van der Waals surface area (Å²) < 4.78 is 12.1. The van der Waals surface area contributed by atoms with Gasteiger partial charge < -0.3 is 19.3 Å². The van der Waals surface area contributed by atoms with Gasteiger partial charge in [0.1, 0.15) is 24.6 Å². The second-order valence-corrected chi connectivity index (χ2v) is 7.23. The van der Waals surface area contributed by atoms with Crippen molar-refractivity contribution < 1.29 is 19.1 Å². The number of hydrazine groups is 1. The predicted octanol–water partition coefficient (Wildman–Crippen LogP) is 4.51.